The number of thioether (sulfide) groups is 1. The topological polar surface area (TPSA) is 71.1 Å². The molecule has 0 aliphatic carbocycles. The first-order valence-corrected chi connectivity index (χ1v) is 7.94. The summed E-state index contributed by atoms with van der Waals surface area (Å²) >= 11 is 7.30. The first-order chi connectivity index (χ1) is 10.5. The molecule has 22 heavy (non-hydrogen) atoms. The summed E-state index contributed by atoms with van der Waals surface area (Å²) in [6.07, 6.45) is 0. The van der Waals surface area contributed by atoms with E-state index in [-0.39, 0.29) is 11.7 Å². The molecule has 0 atom stereocenters. The number of hydrogen-bond acceptors (Lipinski definition) is 5. The van der Waals surface area contributed by atoms with Crippen molar-refractivity contribution in [3.63, 3.8) is 0 Å². The standard InChI is InChI=1S/C14H17ClN4O2S/c1-9-16-14(18-17-9)22-8-13(20)19(2)7-10-6-11(15)4-5-12(10)21-3/h4-6H,7-8H2,1-3H3,(H,16,17,18). The lowest BCUT2D eigenvalue weighted by Crippen LogP contribution is -2.28. The Balaban J connectivity index is 1.95. The maximum Gasteiger partial charge on any atom is 0.233 e. The van der Waals surface area contributed by atoms with E-state index in [1.165, 1.54) is 11.8 Å². The molecule has 0 saturated carbocycles. The molecule has 0 saturated heterocycles. The molecule has 1 amide bonds. The minimum Gasteiger partial charge on any atom is -0.496 e. The van der Waals surface area contributed by atoms with Gasteiger partial charge in [-0.15, -0.1) is 5.10 Å². The zero-order valence-corrected chi connectivity index (χ0v) is 14.2. The van der Waals surface area contributed by atoms with Crippen LogP contribution in [0.3, 0.4) is 0 Å². The SMILES string of the molecule is COc1ccc(Cl)cc1CN(C)C(=O)CSc1n[nH]c(C)n1. The molecule has 0 aliphatic rings. The monoisotopic (exact) mass is 340 g/mol. The average molecular weight is 341 g/mol. The second-order valence-electron chi connectivity index (χ2n) is 4.70. The molecule has 6 nitrogen and oxygen atoms in total. The Morgan fingerprint density at radius 3 is 2.91 bits per heavy atom. The molecule has 2 rings (SSSR count). The van der Waals surface area contributed by atoms with Gasteiger partial charge in [0.05, 0.1) is 12.9 Å². The molecule has 1 aromatic heterocycles. The second kappa shape index (κ2) is 7.51. The summed E-state index contributed by atoms with van der Waals surface area (Å²) in [5, 5.41) is 7.92. The number of ether oxygens (including phenoxy) is 1. The molecule has 0 spiro atoms. The summed E-state index contributed by atoms with van der Waals surface area (Å²) < 4.78 is 5.29. The molecule has 8 heteroatoms. The Kier molecular flexibility index (Phi) is 5.68. The minimum absolute atomic E-state index is 0.0190. The lowest BCUT2D eigenvalue weighted by Gasteiger charge is -2.18. The maximum atomic E-state index is 12.2. The molecule has 0 radical (unpaired) electrons. The second-order valence-corrected chi connectivity index (χ2v) is 6.08. The maximum absolute atomic E-state index is 12.2. The molecule has 1 aromatic carbocycles. The van der Waals surface area contributed by atoms with Crippen LogP contribution in [0.1, 0.15) is 11.4 Å². The zero-order chi connectivity index (χ0) is 16.1. The van der Waals surface area contributed by atoms with Crippen molar-refractivity contribution in [2.24, 2.45) is 0 Å². The van der Waals surface area contributed by atoms with Gasteiger partial charge >= 0.3 is 0 Å². The Morgan fingerprint density at radius 1 is 1.50 bits per heavy atom. The predicted molar refractivity (Wildman–Crippen MR) is 86.3 cm³/mol. The first kappa shape index (κ1) is 16.6. The van der Waals surface area contributed by atoms with Crippen LogP contribution in [-0.4, -0.2) is 45.9 Å². The van der Waals surface area contributed by atoms with Crippen molar-refractivity contribution in [3.05, 3.63) is 34.6 Å². The Bertz CT molecular complexity index is 662. The number of nitrogens with one attached hydrogen (secondary N) is 1. The van der Waals surface area contributed by atoms with E-state index in [9.17, 15) is 4.79 Å². The number of halogens is 1. The fourth-order valence-electron chi connectivity index (χ4n) is 1.84. The van der Waals surface area contributed by atoms with E-state index in [4.69, 9.17) is 16.3 Å². The van der Waals surface area contributed by atoms with E-state index in [1.54, 1.807) is 37.3 Å². The highest BCUT2D eigenvalue weighted by Gasteiger charge is 2.14. The van der Waals surface area contributed by atoms with E-state index in [2.05, 4.69) is 15.2 Å². The van der Waals surface area contributed by atoms with Crippen molar-refractivity contribution in [3.8, 4) is 5.75 Å². The van der Waals surface area contributed by atoms with E-state index >= 15 is 0 Å². The van der Waals surface area contributed by atoms with Gasteiger partial charge in [-0.2, -0.15) is 0 Å². The molecule has 0 fully saturated rings. The number of hydrogen-bond donors (Lipinski definition) is 1. The number of nitrogens with zero attached hydrogens (tertiary/aromatic N) is 3. The third-order valence-electron chi connectivity index (χ3n) is 2.98. The van der Waals surface area contributed by atoms with Crippen molar-refractivity contribution in [1.29, 1.82) is 0 Å². The predicted octanol–water partition coefficient (Wildman–Crippen LogP) is 2.53. The number of aromatic amines is 1. The van der Waals surface area contributed by atoms with Crippen LogP contribution in [0.25, 0.3) is 0 Å². The highest BCUT2D eigenvalue weighted by atomic mass is 35.5. The van der Waals surface area contributed by atoms with Gasteiger partial charge in [0.1, 0.15) is 11.6 Å². The number of carbonyl (C=O) groups is 1. The van der Waals surface area contributed by atoms with Crippen molar-refractivity contribution in [2.75, 3.05) is 19.9 Å². The van der Waals surface area contributed by atoms with Crippen LogP contribution in [0.4, 0.5) is 0 Å². The first-order valence-electron chi connectivity index (χ1n) is 6.57. The van der Waals surface area contributed by atoms with Gasteiger partial charge in [-0.25, -0.2) is 4.98 Å². The van der Waals surface area contributed by atoms with Crippen molar-refractivity contribution in [2.45, 2.75) is 18.6 Å². The summed E-state index contributed by atoms with van der Waals surface area (Å²) in [5.74, 6) is 1.69. The van der Waals surface area contributed by atoms with Crippen LogP contribution in [-0.2, 0) is 11.3 Å². The van der Waals surface area contributed by atoms with Crippen molar-refractivity contribution < 1.29 is 9.53 Å². The van der Waals surface area contributed by atoms with Gasteiger partial charge in [0.15, 0.2) is 0 Å². The van der Waals surface area contributed by atoms with Gasteiger partial charge in [0, 0.05) is 24.2 Å². The molecule has 1 heterocycles. The van der Waals surface area contributed by atoms with Crippen molar-refractivity contribution in [1.82, 2.24) is 20.1 Å². The van der Waals surface area contributed by atoms with Crippen LogP contribution in [0, 0.1) is 6.92 Å². The largest absolute Gasteiger partial charge is 0.496 e. The number of methoxy groups -OCH3 is 1. The number of aromatic nitrogens is 3. The van der Waals surface area contributed by atoms with Gasteiger partial charge in [-0.1, -0.05) is 23.4 Å². The van der Waals surface area contributed by atoms with Crippen LogP contribution < -0.4 is 4.74 Å². The third kappa shape index (κ3) is 4.38. The number of benzene rings is 1. The van der Waals surface area contributed by atoms with Gasteiger partial charge in [0.2, 0.25) is 11.1 Å². The summed E-state index contributed by atoms with van der Waals surface area (Å²) in [5.41, 5.74) is 0.865. The fraction of sp³-hybridized carbons (Fsp3) is 0.357. The summed E-state index contributed by atoms with van der Waals surface area (Å²) in [6, 6.07) is 5.35. The van der Waals surface area contributed by atoms with Gasteiger partial charge in [-0.05, 0) is 25.1 Å². The lowest BCUT2D eigenvalue weighted by atomic mass is 10.2. The normalized spacial score (nSPS) is 10.5. The molecule has 1 N–H and O–H groups in total. The van der Waals surface area contributed by atoms with Crippen LogP contribution >= 0.6 is 23.4 Å². The minimum atomic E-state index is -0.0190. The average Bonchev–Trinajstić information content (AvgIpc) is 2.90. The summed E-state index contributed by atoms with van der Waals surface area (Å²) in [6.45, 7) is 2.24. The molecular formula is C14H17ClN4O2S. The highest BCUT2D eigenvalue weighted by Crippen LogP contribution is 2.24. The smallest absolute Gasteiger partial charge is 0.233 e. The summed E-state index contributed by atoms with van der Waals surface area (Å²) in [4.78, 5) is 18.0. The fourth-order valence-corrected chi connectivity index (χ4v) is 2.82. The molecule has 118 valence electrons. The van der Waals surface area contributed by atoms with Crippen LogP contribution in [0.5, 0.6) is 5.75 Å². The van der Waals surface area contributed by atoms with Crippen molar-refractivity contribution >= 4 is 29.3 Å². The van der Waals surface area contributed by atoms with Gasteiger partial charge in [-0.3, -0.25) is 9.89 Å². The van der Waals surface area contributed by atoms with Gasteiger partial charge < -0.3 is 9.64 Å². The number of carbonyl (C=O) groups excluding carboxylic acids is 1. The molecule has 0 unspecified atom stereocenters. The third-order valence-corrected chi connectivity index (χ3v) is 4.04. The Morgan fingerprint density at radius 2 is 2.27 bits per heavy atom. The van der Waals surface area contributed by atoms with Crippen LogP contribution in [0.2, 0.25) is 5.02 Å². The van der Waals surface area contributed by atoms with Crippen LogP contribution in [0.15, 0.2) is 23.4 Å². The molecular weight excluding hydrogens is 324 g/mol. The molecule has 2 aromatic rings. The quantitative estimate of drug-likeness (QED) is 0.818. The number of rotatable bonds is 6. The van der Waals surface area contributed by atoms with E-state index in [0.29, 0.717) is 22.5 Å². The van der Waals surface area contributed by atoms with Gasteiger partial charge in [0.25, 0.3) is 0 Å². The number of amides is 1. The molecule has 0 bridgehead atoms. The molecule has 0 aliphatic heterocycles. The summed E-state index contributed by atoms with van der Waals surface area (Å²) in [7, 11) is 3.34. The van der Waals surface area contributed by atoms with E-state index in [1.807, 2.05) is 6.92 Å². The lowest BCUT2D eigenvalue weighted by molar-refractivity contribution is -0.127. The Hall–Kier alpha value is -1.73. The highest BCUT2D eigenvalue weighted by molar-refractivity contribution is 7.99. The number of aryl methyl sites for hydroxylation is 1. The number of H-pyrrole nitrogens is 1. The van der Waals surface area contributed by atoms with E-state index in [0.717, 1.165) is 11.4 Å². The van der Waals surface area contributed by atoms with E-state index < -0.39 is 0 Å². The zero-order valence-electron chi connectivity index (χ0n) is 12.6. The Labute approximate surface area is 138 Å².